The first kappa shape index (κ1) is 30.7. The van der Waals surface area contributed by atoms with Gasteiger partial charge in [-0.2, -0.15) is 0 Å². The summed E-state index contributed by atoms with van der Waals surface area (Å²) in [6.07, 6.45) is 0.484. The van der Waals surface area contributed by atoms with Crippen LogP contribution in [0, 0.1) is 5.92 Å². The Morgan fingerprint density at radius 2 is 1.70 bits per heavy atom. The van der Waals surface area contributed by atoms with E-state index in [-0.39, 0.29) is 18.9 Å². The van der Waals surface area contributed by atoms with Gasteiger partial charge < -0.3 is 10.1 Å². The lowest BCUT2D eigenvalue weighted by molar-refractivity contribution is -0.140. The van der Waals surface area contributed by atoms with Crippen LogP contribution in [0.2, 0.25) is 10.0 Å². The third kappa shape index (κ3) is 7.70. The van der Waals surface area contributed by atoms with Gasteiger partial charge in [0.1, 0.15) is 6.10 Å². The largest absolute Gasteiger partial charge is 0.366 e. The fraction of sp³-hybridized carbons (Fsp3) is 0.367. The molecule has 1 fully saturated rings. The molecule has 0 aliphatic carbocycles. The Labute approximate surface area is 246 Å². The number of rotatable bonds is 12. The molecule has 1 saturated heterocycles. The molecule has 214 valence electrons. The summed E-state index contributed by atoms with van der Waals surface area (Å²) < 4.78 is 33.4. The molecule has 3 aromatic rings. The monoisotopic (exact) mass is 603 g/mol. The zero-order valence-corrected chi connectivity index (χ0v) is 24.9. The standard InChI is InChI=1S/C30H35Cl2N3O4S/c1-21(39-19-23-13-14-25(31)26(32)17-23)28(36)27-29(34-18-22-9-5-3-6-10-22)33-16-15-30(27,20-35-40(2,37)38)24-11-7-4-8-12-24/h3-14,17,21,27,29,33-35H,15-16,18-20H2,1-2H3. The molecule has 0 spiro atoms. The van der Waals surface area contributed by atoms with Crippen LogP contribution in [-0.2, 0) is 38.1 Å². The first-order valence-electron chi connectivity index (χ1n) is 13.2. The van der Waals surface area contributed by atoms with E-state index in [1.54, 1.807) is 19.1 Å². The molecular weight excluding hydrogens is 569 g/mol. The van der Waals surface area contributed by atoms with Gasteiger partial charge in [-0.3, -0.25) is 10.1 Å². The van der Waals surface area contributed by atoms with E-state index < -0.39 is 33.6 Å². The molecule has 10 heteroatoms. The summed E-state index contributed by atoms with van der Waals surface area (Å²) in [4.78, 5) is 14.3. The maximum atomic E-state index is 14.3. The van der Waals surface area contributed by atoms with Crippen molar-refractivity contribution in [3.63, 3.8) is 0 Å². The van der Waals surface area contributed by atoms with Crippen LogP contribution >= 0.6 is 23.2 Å². The minimum absolute atomic E-state index is 0.0803. The van der Waals surface area contributed by atoms with E-state index in [1.807, 2.05) is 66.7 Å². The number of carbonyl (C=O) groups is 1. The summed E-state index contributed by atoms with van der Waals surface area (Å²) in [5.74, 6) is -0.776. The third-order valence-corrected chi connectivity index (χ3v) is 8.83. The average molecular weight is 605 g/mol. The molecule has 0 aromatic heterocycles. The van der Waals surface area contributed by atoms with E-state index >= 15 is 0 Å². The van der Waals surface area contributed by atoms with Crippen molar-refractivity contribution >= 4 is 39.0 Å². The van der Waals surface area contributed by atoms with Gasteiger partial charge in [-0.15, -0.1) is 0 Å². The topological polar surface area (TPSA) is 96.5 Å². The fourth-order valence-corrected chi connectivity index (χ4v) is 6.17. The average Bonchev–Trinajstić information content (AvgIpc) is 2.95. The van der Waals surface area contributed by atoms with Crippen molar-refractivity contribution in [2.24, 2.45) is 5.92 Å². The number of hydrogen-bond acceptors (Lipinski definition) is 6. The maximum absolute atomic E-state index is 14.3. The molecule has 0 saturated carbocycles. The fourth-order valence-electron chi connectivity index (χ4n) is 5.33. The molecule has 0 amide bonds. The van der Waals surface area contributed by atoms with Crippen molar-refractivity contribution in [1.29, 1.82) is 0 Å². The Morgan fingerprint density at radius 1 is 1.02 bits per heavy atom. The predicted octanol–water partition coefficient (Wildman–Crippen LogP) is 4.68. The number of piperidine rings is 1. The van der Waals surface area contributed by atoms with Crippen LogP contribution in [0.4, 0.5) is 0 Å². The van der Waals surface area contributed by atoms with Crippen LogP contribution in [0.1, 0.15) is 30.0 Å². The Morgan fingerprint density at radius 3 is 2.35 bits per heavy atom. The van der Waals surface area contributed by atoms with Gasteiger partial charge in [-0.25, -0.2) is 13.1 Å². The number of benzene rings is 3. The number of carbonyl (C=O) groups excluding carboxylic acids is 1. The van der Waals surface area contributed by atoms with E-state index in [0.29, 0.717) is 29.6 Å². The molecule has 1 heterocycles. The molecule has 4 unspecified atom stereocenters. The Hall–Kier alpha value is -2.30. The second-order valence-corrected chi connectivity index (χ2v) is 12.9. The number of halogens is 2. The minimum Gasteiger partial charge on any atom is -0.366 e. The first-order valence-corrected chi connectivity index (χ1v) is 15.8. The summed E-state index contributed by atoms with van der Waals surface area (Å²) in [5, 5.41) is 7.88. The quantitative estimate of drug-likeness (QED) is 0.278. The van der Waals surface area contributed by atoms with Gasteiger partial charge in [0, 0.05) is 18.5 Å². The van der Waals surface area contributed by atoms with Crippen molar-refractivity contribution in [3.05, 3.63) is 106 Å². The van der Waals surface area contributed by atoms with Crippen molar-refractivity contribution < 1.29 is 17.9 Å². The van der Waals surface area contributed by atoms with E-state index in [9.17, 15) is 13.2 Å². The van der Waals surface area contributed by atoms with Crippen LogP contribution in [0.5, 0.6) is 0 Å². The highest BCUT2D eigenvalue weighted by Gasteiger charge is 2.51. The summed E-state index contributed by atoms with van der Waals surface area (Å²) in [5.41, 5.74) is 1.95. The third-order valence-electron chi connectivity index (χ3n) is 7.42. The number of sulfonamides is 1. The number of ether oxygens (including phenoxy) is 1. The highest BCUT2D eigenvalue weighted by Crippen LogP contribution is 2.41. The number of hydrogen-bond donors (Lipinski definition) is 3. The molecule has 40 heavy (non-hydrogen) atoms. The highest BCUT2D eigenvalue weighted by molar-refractivity contribution is 7.88. The molecule has 7 nitrogen and oxygen atoms in total. The van der Waals surface area contributed by atoms with Crippen molar-refractivity contribution in [3.8, 4) is 0 Å². The number of nitrogens with one attached hydrogen (secondary N) is 3. The Balaban J connectivity index is 1.67. The van der Waals surface area contributed by atoms with Crippen LogP contribution in [-0.4, -0.2) is 45.8 Å². The molecular formula is C30H35Cl2N3O4S. The van der Waals surface area contributed by atoms with E-state index in [1.165, 1.54) is 0 Å². The van der Waals surface area contributed by atoms with E-state index in [0.717, 1.165) is 22.9 Å². The highest BCUT2D eigenvalue weighted by atomic mass is 35.5. The van der Waals surface area contributed by atoms with Crippen molar-refractivity contribution in [1.82, 2.24) is 15.4 Å². The van der Waals surface area contributed by atoms with Crippen LogP contribution in [0.3, 0.4) is 0 Å². The van der Waals surface area contributed by atoms with Gasteiger partial charge in [0.05, 0.1) is 35.0 Å². The summed E-state index contributed by atoms with van der Waals surface area (Å²) in [6, 6.07) is 24.8. The maximum Gasteiger partial charge on any atom is 0.208 e. The second kappa shape index (κ2) is 13.6. The Kier molecular flexibility index (Phi) is 10.4. The number of ketones is 1. The summed E-state index contributed by atoms with van der Waals surface area (Å²) in [7, 11) is -3.52. The molecule has 0 radical (unpaired) electrons. The van der Waals surface area contributed by atoms with Gasteiger partial charge in [-0.05, 0) is 48.7 Å². The van der Waals surface area contributed by atoms with Crippen LogP contribution in [0.15, 0.2) is 78.9 Å². The normalized spacial score (nSPS) is 22.1. The molecule has 1 aliphatic heterocycles. The predicted molar refractivity (Wildman–Crippen MR) is 160 cm³/mol. The molecule has 4 rings (SSSR count). The first-order chi connectivity index (χ1) is 19.1. The summed E-state index contributed by atoms with van der Waals surface area (Å²) in [6.45, 7) is 3.12. The smallest absolute Gasteiger partial charge is 0.208 e. The minimum atomic E-state index is -3.52. The van der Waals surface area contributed by atoms with E-state index in [2.05, 4.69) is 15.4 Å². The SMILES string of the molecule is CC(OCc1ccc(Cl)c(Cl)c1)C(=O)C1C(NCc2ccccc2)NCCC1(CNS(C)(=O)=O)c1ccccc1. The second-order valence-electron chi connectivity index (χ2n) is 10.2. The lowest BCUT2D eigenvalue weighted by Gasteiger charge is -2.49. The van der Waals surface area contributed by atoms with Gasteiger partial charge in [0.15, 0.2) is 5.78 Å². The van der Waals surface area contributed by atoms with E-state index in [4.69, 9.17) is 27.9 Å². The lowest BCUT2D eigenvalue weighted by Crippen LogP contribution is -2.66. The van der Waals surface area contributed by atoms with Crippen LogP contribution < -0.4 is 15.4 Å². The molecule has 3 aromatic carbocycles. The van der Waals surface area contributed by atoms with Gasteiger partial charge in [0.2, 0.25) is 10.0 Å². The lowest BCUT2D eigenvalue weighted by atomic mass is 9.62. The molecule has 3 N–H and O–H groups in total. The van der Waals surface area contributed by atoms with Gasteiger partial charge in [-0.1, -0.05) is 89.9 Å². The van der Waals surface area contributed by atoms with Crippen LogP contribution in [0.25, 0.3) is 0 Å². The molecule has 0 bridgehead atoms. The zero-order chi connectivity index (χ0) is 28.8. The zero-order valence-electron chi connectivity index (χ0n) is 22.6. The molecule has 1 aliphatic rings. The van der Waals surface area contributed by atoms with Gasteiger partial charge >= 0.3 is 0 Å². The number of Topliss-reactive ketones (excluding diaryl/α,β-unsaturated/α-hetero) is 1. The van der Waals surface area contributed by atoms with Crippen molar-refractivity contribution in [2.45, 2.75) is 44.2 Å². The van der Waals surface area contributed by atoms with Gasteiger partial charge in [0.25, 0.3) is 0 Å². The summed E-state index contributed by atoms with van der Waals surface area (Å²) >= 11 is 12.2. The Bertz CT molecular complexity index is 1390. The van der Waals surface area contributed by atoms with Crippen molar-refractivity contribution in [2.75, 3.05) is 19.3 Å². The molecule has 4 atom stereocenters.